The van der Waals surface area contributed by atoms with Crippen LogP contribution in [0, 0.1) is 0 Å². The number of ether oxygens (including phenoxy) is 6. The molecule has 0 spiro atoms. The average molecular weight is 390 g/mol. The van der Waals surface area contributed by atoms with Gasteiger partial charge in [0.1, 0.15) is 0 Å². The maximum atomic E-state index is 12.2. The topological polar surface area (TPSA) is 124 Å². The second-order valence-electron chi connectivity index (χ2n) is 5.89. The van der Waals surface area contributed by atoms with E-state index in [9.17, 15) is 19.2 Å². The summed E-state index contributed by atoms with van der Waals surface area (Å²) < 4.78 is 31.4. The van der Waals surface area contributed by atoms with Gasteiger partial charge in [0, 0.05) is 27.4 Å². The second-order valence-corrected chi connectivity index (χ2v) is 5.89. The van der Waals surface area contributed by atoms with E-state index < -0.39 is 54.6 Å². The van der Waals surface area contributed by atoms with E-state index in [1.54, 1.807) is 0 Å². The molecule has 0 radical (unpaired) electrons. The van der Waals surface area contributed by atoms with Gasteiger partial charge < -0.3 is 28.4 Å². The number of carbonyl (C=O) groups excluding carboxylic acids is 4. The van der Waals surface area contributed by atoms with Crippen LogP contribution < -0.4 is 0 Å². The van der Waals surface area contributed by atoms with Crippen molar-refractivity contribution in [2.24, 2.45) is 0 Å². The molecule has 0 aromatic heterocycles. The van der Waals surface area contributed by atoms with Crippen LogP contribution >= 0.6 is 0 Å². The van der Waals surface area contributed by atoms with Gasteiger partial charge in [-0.3, -0.25) is 14.4 Å². The predicted molar refractivity (Wildman–Crippen MR) is 88.2 cm³/mol. The van der Waals surface area contributed by atoms with Crippen molar-refractivity contribution in [3.8, 4) is 0 Å². The molecule has 1 aliphatic rings. The fourth-order valence-electron chi connectivity index (χ4n) is 2.56. The molecule has 0 aromatic carbocycles. The third-order valence-corrected chi connectivity index (χ3v) is 3.61. The minimum atomic E-state index is -1.43. The highest BCUT2D eigenvalue weighted by Crippen LogP contribution is 2.30. The summed E-state index contributed by atoms with van der Waals surface area (Å²) in [6.07, 6.45) is -5.08. The molecule has 1 aliphatic heterocycles. The SMILES string of the molecule is CCCCOC1OC(C(=O)OC)C(OC(C)=O)C(OC(C)=O)C1OC(C)=O. The number of hydrogen-bond donors (Lipinski definition) is 0. The Balaban J connectivity index is 3.27. The Morgan fingerprint density at radius 2 is 1.37 bits per heavy atom. The first-order valence-corrected chi connectivity index (χ1v) is 8.57. The van der Waals surface area contributed by atoms with Gasteiger partial charge in [-0.15, -0.1) is 0 Å². The summed E-state index contributed by atoms with van der Waals surface area (Å²) in [5.74, 6) is -3.03. The Hall–Kier alpha value is -2.20. The normalized spacial score (nSPS) is 27.4. The molecule has 0 aromatic rings. The lowest BCUT2D eigenvalue weighted by Crippen LogP contribution is -2.63. The number of rotatable bonds is 8. The second kappa shape index (κ2) is 10.8. The summed E-state index contributed by atoms with van der Waals surface area (Å²) >= 11 is 0. The first kappa shape index (κ1) is 22.8. The van der Waals surface area contributed by atoms with Gasteiger partial charge >= 0.3 is 23.9 Å². The number of hydrogen-bond acceptors (Lipinski definition) is 10. The van der Waals surface area contributed by atoms with Crippen LogP contribution in [0.4, 0.5) is 0 Å². The van der Waals surface area contributed by atoms with E-state index in [2.05, 4.69) is 4.74 Å². The molecule has 27 heavy (non-hydrogen) atoms. The van der Waals surface area contributed by atoms with Crippen molar-refractivity contribution < 1.29 is 47.6 Å². The molecule has 1 rings (SSSR count). The van der Waals surface area contributed by atoms with Crippen LogP contribution in [0.5, 0.6) is 0 Å². The third-order valence-electron chi connectivity index (χ3n) is 3.61. The van der Waals surface area contributed by atoms with Crippen LogP contribution in [0.15, 0.2) is 0 Å². The molecule has 5 unspecified atom stereocenters. The van der Waals surface area contributed by atoms with Crippen LogP contribution in [-0.2, 0) is 47.6 Å². The van der Waals surface area contributed by atoms with Gasteiger partial charge in [0.2, 0.25) is 0 Å². The van der Waals surface area contributed by atoms with E-state index >= 15 is 0 Å². The molecule has 10 nitrogen and oxygen atoms in total. The first-order chi connectivity index (χ1) is 12.7. The Bertz CT molecular complexity index is 546. The predicted octanol–water partition coefficient (Wildman–Crippen LogP) is 0.496. The lowest BCUT2D eigenvalue weighted by Gasteiger charge is -2.43. The Morgan fingerprint density at radius 1 is 0.852 bits per heavy atom. The van der Waals surface area contributed by atoms with E-state index in [-0.39, 0.29) is 6.61 Å². The molecular formula is C17H26O10. The molecule has 5 atom stereocenters. The molecule has 0 N–H and O–H groups in total. The van der Waals surface area contributed by atoms with Crippen LogP contribution in [-0.4, -0.2) is 68.3 Å². The van der Waals surface area contributed by atoms with Crippen molar-refractivity contribution in [2.75, 3.05) is 13.7 Å². The van der Waals surface area contributed by atoms with Crippen molar-refractivity contribution in [1.82, 2.24) is 0 Å². The molecule has 0 amide bonds. The molecule has 0 bridgehead atoms. The number of unbranched alkanes of at least 4 members (excludes halogenated alkanes) is 1. The van der Waals surface area contributed by atoms with Gasteiger partial charge in [-0.25, -0.2) is 4.79 Å². The molecule has 154 valence electrons. The minimum Gasteiger partial charge on any atom is -0.467 e. The molecule has 0 aliphatic carbocycles. The third kappa shape index (κ3) is 6.79. The maximum absolute atomic E-state index is 12.2. The van der Waals surface area contributed by atoms with Crippen LogP contribution in [0.3, 0.4) is 0 Å². The molecular weight excluding hydrogens is 364 g/mol. The van der Waals surface area contributed by atoms with Crippen LogP contribution in [0.25, 0.3) is 0 Å². The standard InChI is InChI=1S/C17H26O10/c1-6-7-8-23-17-15(26-11(4)20)13(25-10(3)19)12(24-9(2)18)14(27-17)16(21)22-5/h12-15,17H,6-8H2,1-5H3. The quantitative estimate of drug-likeness (QED) is 0.329. The summed E-state index contributed by atoms with van der Waals surface area (Å²) in [6, 6.07) is 0. The van der Waals surface area contributed by atoms with E-state index in [1.807, 2.05) is 6.92 Å². The molecule has 1 heterocycles. The van der Waals surface area contributed by atoms with Gasteiger partial charge in [0.25, 0.3) is 0 Å². The van der Waals surface area contributed by atoms with Gasteiger partial charge in [0.15, 0.2) is 30.7 Å². The highest BCUT2D eigenvalue weighted by molar-refractivity contribution is 5.77. The summed E-state index contributed by atoms with van der Waals surface area (Å²) in [5.41, 5.74) is 0. The maximum Gasteiger partial charge on any atom is 0.339 e. The van der Waals surface area contributed by atoms with Crippen LogP contribution in [0.2, 0.25) is 0 Å². The summed E-state index contributed by atoms with van der Waals surface area (Å²) in [7, 11) is 1.13. The van der Waals surface area contributed by atoms with Gasteiger partial charge in [-0.2, -0.15) is 0 Å². The van der Waals surface area contributed by atoms with Crippen molar-refractivity contribution in [3.05, 3.63) is 0 Å². The highest BCUT2D eigenvalue weighted by atomic mass is 16.7. The highest BCUT2D eigenvalue weighted by Gasteiger charge is 2.55. The largest absolute Gasteiger partial charge is 0.467 e. The van der Waals surface area contributed by atoms with Crippen molar-refractivity contribution in [3.63, 3.8) is 0 Å². The smallest absolute Gasteiger partial charge is 0.339 e. The summed E-state index contributed by atoms with van der Waals surface area (Å²) in [4.78, 5) is 46.8. The zero-order valence-corrected chi connectivity index (χ0v) is 16.1. The molecule has 10 heteroatoms. The van der Waals surface area contributed by atoms with Crippen molar-refractivity contribution in [1.29, 1.82) is 0 Å². The van der Waals surface area contributed by atoms with E-state index in [1.165, 1.54) is 0 Å². The fraction of sp³-hybridized carbons (Fsp3) is 0.765. The number of methoxy groups -OCH3 is 1. The lowest BCUT2D eigenvalue weighted by atomic mass is 9.97. The summed E-state index contributed by atoms with van der Waals surface area (Å²) in [6.45, 7) is 5.60. The molecule has 1 fully saturated rings. The Labute approximate surface area is 157 Å². The average Bonchev–Trinajstić information content (AvgIpc) is 2.57. The molecule has 0 saturated carbocycles. The fourth-order valence-corrected chi connectivity index (χ4v) is 2.56. The lowest BCUT2D eigenvalue weighted by molar-refractivity contribution is -0.301. The number of carbonyl (C=O) groups is 4. The summed E-state index contributed by atoms with van der Waals surface area (Å²) in [5, 5.41) is 0. The van der Waals surface area contributed by atoms with Gasteiger partial charge in [-0.05, 0) is 6.42 Å². The Morgan fingerprint density at radius 3 is 1.85 bits per heavy atom. The monoisotopic (exact) mass is 390 g/mol. The van der Waals surface area contributed by atoms with Crippen molar-refractivity contribution in [2.45, 2.75) is 71.2 Å². The first-order valence-electron chi connectivity index (χ1n) is 8.57. The van der Waals surface area contributed by atoms with E-state index in [0.29, 0.717) is 6.42 Å². The molecule has 1 saturated heterocycles. The zero-order chi connectivity index (χ0) is 20.6. The van der Waals surface area contributed by atoms with Gasteiger partial charge in [-0.1, -0.05) is 13.3 Å². The van der Waals surface area contributed by atoms with Crippen LogP contribution in [0.1, 0.15) is 40.5 Å². The van der Waals surface area contributed by atoms with E-state index in [4.69, 9.17) is 23.7 Å². The van der Waals surface area contributed by atoms with E-state index in [0.717, 1.165) is 34.3 Å². The van der Waals surface area contributed by atoms with Gasteiger partial charge in [0.05, 0.1) is 7.11 Å². The van der Waals surface area contributed by atoms with Crippen molar-refractivity contribution >= 4 is 23.9 Å². The minimum absolute atomic E-state index is 0.248. The Kier molecular flexibility index (Phi) is 9.16. The zero-order valence-electron chi connectivity index (χ0n) is 16.1. The number of esters is 4.